The summed E-state index contributed by atoms with van der Waals surface area (Å²) in [6.07, 6.45) is 3.70. The van der Waals surface area contributed by atoms with Crippen molar-refractivity contribution in [3.05, 3.63) is 24.0 Å². The molecule has 0 spiro atoms. The second-order valence-electron chi connectivity index (χ2n) is 4.81. The Labute approximate surface area is 113 Å². The summed E-state index contributed by atoms with van der Waals surface area (Å²) in [6, 6.07) is 3.70. The molecular formula is C13H19BFNO3. The van der Waals surface area contributed by atoms with Gasteiger partial charge in [0.25, 0.3) is 0 Å². The lowest BCUT2D eigenvalue weighted by Crippen LogP contribution is -2.35. The van der Waals surface area contributed by atoms with E-state index in [0.29, 0.717) is 6.61 Å². The maximum atomic E-state index is 13.1. The smallest absolute Gasteiger partial charge is 0.492 e. The molecule has 0 aliphatic carbocycles. The molecule has 1 aromatic carbocycles. The summed E-state index contributed by atoms with van der Waals surface area (Å²) >= 11 is 0. The third kappa shape index (κ3) is 4.19. The van der Waals surface area contributed by atoms with Gasteiger partial charge < -0.3 is 14.8 Å². The van der Waals surface area contributed by atoms with E-state index in [9.17, 15) is 14.4 Å². The number of rotatable bonds is 5. The Balaban J connectivity index is 1.89. The molecule has 1 saturated heterocycles. The van der Waals surface area contributed by atoms with E-state index >= 15 is 0 Å². The van der Waals surface area contributed by atoms with Crippen molar-refractivity contribution < 1.29 is 19.2 Å². The largest absolute Gasteiger partial charge is 0.493 e. The van der Waals surface area contributed by atoms with Crippen LogP contribution in [-0.2, 0) is 0 Å². The fourth-order valence-corrected chi connectivity index (χ4v) is 2.31. The van der Waals surface area contributed by atoms with Crippen LogP contribution in [0.5, 0.6) is 5.75 Å². The molecule has 1 fully saturated rings. The molecule has 1 heterocycles. The average Bonchev–Trinajstić information content (AvgIpc) is 2.39. The van der Waals surface area contributed by atoms with E-state index < -0.39 is 12.9 Å². The van der Waals surface area contributed by atoms with Crippen LogP contribution in [0, 0.1) is 5.82 Å². The van der Waals surface area contributed by atoms with Gasteiger partial charge in [-0.15, -0.1) is 0 Å². The highest BCUT2D eigenvalue weighted by molar-refractivity contribution is 6.59. The molecule has 1 aromatic rings. The third-order valence-electron chi connectivity index (χ3n) is 3.37. The van der Waals surface area contributed by atoms with Gasteiger partial charge >= 0.3 is 7.12 Å². The Bertz CT molecular complexity index is 411. The van der Waals surface area contributed by atoms with Crippen molar-refractivity contribution in [3.8, 4) is 5.75 Å². The lowest BCUT2D eigenvalue weighted by atomic mass is 9.79. The zero-order valence-electron chi connectivity index (χ0n) is 10.9. The zero-order chi connectivity index (χ0) is 13.7. The Morgan fingerprint density at radius 3 is 2.63 bits per heavy atom. The van der Waals surface area contributed by atoms with Crippen molar-refractivity contribution in [2.24, 2.45) is 0 Å². The fraction of sp³-hybridized carbons (Fsp3) is 0.538. The van der Waals surface area contributed by atoms with Crippen LogP contribution < -0.4 is 10.2 Å². The maximum absolute atomic E-state index is 13.1. The quantitative estimate of drug-likeness (QED) is 0.757. The van der Waals surface area contributed by atoms with Gasteiger partial charge in [-0.1, -0.05) is 12.5 Å². The Morgan fingerprint density at radius 1 is 1.21 bits per heavy atom. The summed E-state index contributed by atoms with van der Waals surface area (Å²) in [6.45, 7) is 3.34. The number of ether oxygens (including phenoxy) is 1. The molecule has 104 valence electrons. The second kappa shape index (κ2) is 6.89. The molecule has 1 aliphatic rings. The number of nitrogens with zero attached hydrogens (tertiary/aromatic N) is 1. The van der Waals surface area contributed by atoms with E-state index in [1.807, 2.05) is 0 Å². The van der Waals surface area contributed by atoms with Gasteiger partial charge in [0.2, 0.25) is 0 Å². The molecule has 0 amide bonds. The number of hydrogen-bond acceptors (Lipinski definition) is 4. The molecule has 1 aliphatic heterocycles. The highest BCUT2D eigenvalue weighted by Crippen LogP contribution is 2.12. The van der Waals surface area contributed by atoms with Crippen LogP contribution in [0.2, 0.25) is 0 Å². The molecule has 2 N–H and O–H groups in total. The Hall–Kier alpha value is -1.11. The number of benzene rings is 1. The van der Waals surface area contributed by atoms with Gasteiger partial charge in [-0.2, -0.15) is 0 Å². The zero-order valence-corrected chi connectivity index (χ0v) is 10.9. The van der Waals surface area contributed by atoms with E-state index in [2.05, 4.69) is 4.90 Å². The molecule has 6 heteroatoms. The number of halogens is 1. The lowest BCUT2D eigenvalue weighted by Gasteiger charge is -2.26. The minimum atomic E-state index is -1.65. The lowest BCUT2D eigenvalue weighted by molar-refractivity contribution is 0.183. The van der Waals surface area contributed by atoms with Gasteiger partial charge in [0.1, 0.15) is 18.2 Å². The molecule has 0 unspecified atom stereocenters. The van der Waals surface area contributed by atoms with Crippen molar-refractivity contribution in [3.63, 3.8) is 0 Å². The third-order valence-corrected chi connectivity index (χ3v) is 3.37. The molecule has 0 bridgehead atoms. The van der Waals surface area contributed by atoms with Gasteiger partial charge in [0.05, 0.1) is 0 Å². The predicted molar refractivity (Wildman–Crippen MR) is 72.0 cm³/mol. The van der Waals surface area contributed by atoms with Gasteiger partial charge in [0.15, 0.2) is 0 Å². The first kappa shape index (κ1) is 14.3. The summed E-state index contributed by atoms with van der Waals surface area (Å²) < 4.78 is 18.6. The van der Waals surface area contributed by atoms with Crippen molar-refractivity contribution in [1.82, 2.24) is 4.90 Å². The van der Waals surface area contributed by atoms with Crippen molar-refractivity contribution in [1.29, 1.82) is 0 Å². The van der Waals surface area contributed by atoms with Crippen LogP contribution in [-0.4, -0.2) is 48.3 Å². The van der Waals surface area contributed by atoms with E-state index in [-0.39, 0.29) is 11.2 Å². The normalized spacial score (nSPS) is 16.4. The molecule has 0 radical (unpaired) electrons. The SMILES string of the molecule is OB(O)c1ccc(F)cc1OCCN1CCCCC1. The first-order chi connectivity index (χ1) is 9.16. The van der Waals surface area contributed by atoms with E-state index in [1.54, 1.807) is 0 Å². The van der Waals surface area contributed by atoms with E-state index in [4.69, 9.17) is 4.74 Å². The Kier molecular flexibility index (Phi) is 5.19. The monoisotopic (exact) mass is 267 g/mol. The molecule has 0 atom stereocenters. The summed E-state index contributed by atoms with van der Waals surface area (Å²) in [5.41, 5.74) is 0.194. The number of piperidine rings is 1. The molecular weight excluding hydrogens is 248 g/mol. The number of likely N-dealkylation sites (tertiary alicyclic amines) is 1. The van der Waals surface area contributed by atoms with Crippen LogP contribution in [0.4, 0.5) is 4.39 Å². The summed E-state index contributed by atoms with van der Waals surface area (Å²) in [5, 5.41) is 18.4. The van der Waals surface area contributed by atoms with Crippen molar-refractivity contribution in [2.45, 2.75) is 19.3 Å². The molecule has 0 aromatic heterocycles. The van der Waals surface area contributed by atoms with Gasteiger partial charge in [-0.3, -0.25) is 4.90 Å². The van der Waals surface area contributed by atoms with Gasteiger partial charge in [-0.05, 0) is 32.0 Å². The molecule has 0 saturated carbocycles. The minimum absolute atomic E-state index is 0.194. The minimum Gasteiger partial charge on any atom is -0.493 e. The maximum Gasteiger partial charge on any atom is 0.492 e. The topological polar surface area (TPSA) is 52.9 Å². The summed E-state index contributed by atoms with van der Waals surface area (Å²) in [4.78, 5) is 2.30. The highest BCUT2D eigenvalue weighted by atomic mass is 19.1. The first-order valence-corrected chi connectivity index (χ1v) is 6.67. The van der Waals surface area contributed by atoms with Gasteiger partial charge in [0, 0.05) is 18.1 Å². The summed E-state index contributed by atoms with van der Waals surface area (Å²) in [7, 11) is -1.65. The Morgan fingerprint density at radius 2 is 1.95 bits per heavy atom. The van der Waals surface area contributed by atoms with E-state index in [0.717, 1.165) is 19.6 Å². The van der Waals surface area contributed by atoms with Crippen LogP contribution >= 0.6 is 0 Å². The summed E-state index contributed by atoms with van der Waals surface area (Å²) in [5.74, 6) is -0.246. The van der Waals surface area contributed by atoms with Gasteiger partial charge in [-0.25, -0.2) is 4.39 Å². The fourth-order valence-electron chi connectivity index (χ4n) is 2.31. The van der Waals surface area contributed by atoms with Crippen LogP contribution in [0.1, 0.15) is 19.3 Å². The first-order valence-electron chi connectivity index (χ1n) is 6.67. The average molecular weight is 267 g/mol. The molecule has 4 nitrogen and oxygen atoms in total. The molecule has 19 heavy (non-hydrogen) atoms. The van der Waals surface area contributed by atoms with Crippen LogP contribution in [0.15, 0.2) is 18.2 Å². The highest BCUT2D eigenvalue weighted by Gasteiger charge is 2.18. The number of hydrogen-bond donors (Lipinski definition) is 2. The van der Waals surface area contributed by atoms with Crippen LogP contribution in [0.25, 0.3) is 0 Å². The van der Waals surface area contributed by atoms with E-state index in [1.165, 1.54) is 37.5 Å². The second-order valence-corrected chi connectivity index (χ2v) is 4.81. The van der Waals surface area contributed by atoms with Crippen molar-refractivity contribution in [2.75, 3.05) is 26.2 Å². The molecule has 2 rings (SSSR count). The van der Waals surface area contributed by atoms with Crippen molar-refractivity contribution >= 4 is 12.6 Å². The standard InChI is InChI=1S/C13H19BFNO3/c15-11-4-5-12(14(17)18)13(10-11)19-9-8-16-6-2-1-3-7-16/h4-5,10,17-18H,1-3,6-9H2. The predicted octanol–water partition coefficient (Wildman–Crippen LogP) is 0.370. The van der Waals surface area contributed by atoms with Crippen LogP contribution in [0.3, 0.4) is 0 Å².